The minimum Gasteiger partial charge on any atom is -0.497 e. The van der Waals surface area contributed by atoms with Crippen LogP contribution in [0, 0.1) is 6.92 Å². The zero-order chi connectivity index (χ0) is 22.0. The van der Waals surface area contributed by atoms with Gasteiger partial charge in [0, 0.05) is 18.7 Å². The second-order valence-electron chi connectivity index (χ2n) is 7.94. The fourth-order valence-corrected chi connectivity index (χ4v) is 4.08. The quantitative estimate of drug-likeness (QED) is 0.669. The number of rotatable bonds is 6. The number of ether oxygens (including phenoxy) is 2. The number of benzene rings is 2. The number of amides is 3. The third kappa shape index (κ3) is 4.32. The highest BCUT2D eigenvalue weighted by Gasteiger charge is 2.45. The van der Waals surface area contributed by atoms with Crippen molar-refractivity contribution in [1.29, 1.82) is 0 Å². The van der Waals surface area contributed by atoms with E-state index in [2.05, 4.69) is 0 Å². The number of anilines is 1. The fourth-order valence-electron chi connectivity index (χ4n) is 4.08. The maximum absolute atomic E-state index is 13.4. The molecule has 2 heterocycles. The minimum absolute atomic E-state index is 0.0464. The van der Waals surface area contributed by atoms with Crippen molar-refractivity contribution in [2.45, 2.75) is 38.3 Å². The van der Waals surface area contributed by atoms with Gasteiger partial charge in [0.15, 0.2) is 0 Å². The van der Waals surface area contributed by atoms with Gasteiger partial charge in [-0.1, -0.05) is 17.7 Å². The molecule has 7 nitrogen and oxygen atoms in total. The molecule has 2 aromatic rings. The molecule has 4 rings (SSSR count). The molecule has 2 aromatic carbocycles. The van der Waals surface area contributed by atoms with Crippen molar-refractivity contribution in [3.63, 3.8) is 0 Å². The van der Waals surface area contributed by atoms with Gasteiger partial charge in [-0.2, -0.15) is 0 Å². The summed E-state index contributed by atoms with van der Waals surface area (Å²) < 4.78 is 10.9. The number of carbonyl (C=O) groups excluding carboxylic acids is 3. The molecule has 2 unspecified atom stereocenters. The number of hydrogen-bond acceptors (Lipinski definition) is 5. The first kappa shape index (κ1) is 21.1. The molecule has 0 radical (unpaired) electrons. The summed E-state index contributed by atoms with van der Waals surface area (Å²) in [6, 6.07) is 13.1. The molecule has 0 saturated carbocycles. The first-order valence-corrected chi connectivity index (χ1v) is 10.5. The molecule has 2 aliphatic heterocycles. The van der Waals surface area contributed by atoms with Crippen molar-refractivity contribution < 1.29 is 23.9 Å². The van der Waals surface area contributed by atoms with Gasteiger partial charge in [0.05, 0.1) is 25.3 Å². The Kier molecular flexibility index (Phi) is 6.04. The molecule has 7 heteroatoms. The first-order chi connectivity index (χ1) is 15.0. The lowest BCUT2D eigenvalue weighted by molar-refractivity contribution is -0.122. The largest absolute Gasteiger partial charge is 0.497 e. The van der Waals surface area contributed by atoms with Crippen molar-refractivity contribution in [3.8, 4) is 5.75 Å². The Morgan fingerprint density at radius 3 is 2.45 bits per heavy atom. The minimum atomic E-state index is -0.854. The normalized spacial score (nSPS) is 20.9. The lowest BCUT2D eigenvalue weighted by Gasteiger charge is -2.30. The van der Waals surface area contributed by atoms with E-state index in [-0.39, 0.29) is 30.9 Å². The van der Waals surface area contributed by atoms with E-state index in [1.54, 1.807) is 43.5 Å². The Labute approximate surface area is 181 Å². The van der Waals surface area contributed by atoms with Gasteiger partial charge in [-0.3, -0.25) is 14.4 Å². The molecule has 0 N–H and O–H groups in total. The Morgan fingerprint density at radius 2 is 1.84 bits per heavy atom. The van der Waals surface area contributed by atoms with E-state index in [9.17, 15) is 14.4 Å². The molecule has 2 aliphatic rings. The van der Waals surface area contributed by atoms with E-state index in [1.807, 2.05) is 19.1 Å². The Bertz CT molecular complexity index is 964. The van der Waals surface area contributed by atoms with Crippen LogP contribution in [-0.4, -0.2) is 55.0 Å². The van der Waals surface area contributed by atoms with Gasteiger partial charge in [0.25, 0.3) is 11.8 Å². The molecule has 0 aromatic heterocycles. The van der Waals surface area contributed by atoms with Gasteiger partial charge < -0.3 is 14.4 Å². The zero-order valence-corrected chi connectivity index (χ0v) is 17.7. The smallest absolute Gasteiger partial charge is 0.257 e. The van der Waals surface area contributed by atoms with Crippen LogP contribution in [0.15, 0.2) is 48.5 Å². The summed E-state index contributed by atoms with van der Waals surface area (Å²) in [6.45, 7) is 2.88. The number of carbonyl (C=O) groups is 3. The molecular weight excluding hydrogens is 396 g/mol. The highest BCUT2D eigenvalue weighted by molar-refractivity contribution is 6.23. The van der Waals surface area contributed by atoms with Crippen molar-refractivity contribution in [3.05, 3.63) is 59.7 Å². The van der Waals surface area contributed by atoms with Gasteiger partial charge in [-0.25, -0.2) is 4.90 Å². The monoisotopic (exact) mass is 422 g/mol. The SMILES string of the molecule is COc1ccc(N2C(=O)CC(N(CC3CCCO3)C(=O)c3ccc(C)cc3)C2=O)cc1. The molecule has 2 atom stereocenters. The van der Waals surface area contributed by atoms with Crippen molar-refractivity contribution in [2.24, 2.45) is 0 Å². The van der Waals surface area contributed by atoms with E-state index < -0.39 is 11.9 Å². The Balaban J connectivity index is 1.62. The van der Waals surface area contributed by atoms with Crippen LogP contribution in [0.2, 0.25) is 0 Å². The van der Waals surface area contributed by atoms with Crippen LogP contribution in [0.1, 0.15) is 35.2 Å². The lowest BCUT2D eigenvalue weighted by Crippen LogP contribution is -2.48. The summed E-state index contributed by atoms with van der Waals surface area (Å²) in [7, 11) is 1.55. The van der Waals surface area contributed by atoms with E-state index in [4.69, 9.17) is 9.47 Å². The van der Waals surface area contributed by atoms with E-state index in [0.717, 1.165) is 23.3 Å². The second kappa shape index (κ2) is 8.89. The van der Waals surface area contributed by atoms with Crippen LogP contribution in [0.25, 0.3) is 0 Å². The van der Waals surface area contributed by atoms with Crippen LogP contribution in [0.5, 0.6) is 5.75 Å². The number of aryl methyl sites for hydroxylation is 1. The van der Waals surface area contributed by atoms with Crippen LogP contribution in [0.4, 0.5) is 5.69 Å². The second-order valence-corrected chi connectivity index (χ2v) is 7.94. The fraction of sp³-hybridized carbons (Fsp3) is 0.375. The van der Waals surface area contributed by atoms with Crippen LogP contribution >= 0.6 is 0 Å². The van der Waals surface area contributed by atoms with E-state index >= 15 is 0 Å². The zero-order valence-electron chi connectivity index (χ0n) is 17.7. The predicted octanol–water partition coefficient (Wildman–Crippen LogP) is 2.96. The average Bonchev–Trinajstić information content (AvgIpc) is 3.39. The molecule has 162 valence electrons. The van der Waals surface area contributed by atoms with Gasteiger partial charge >= 0.3 is 0 Å². The lowest BCUT2D eigenvalue weighted by atomic mass is 10.1. The van der Waals surface area contributed by atoms with Gasteiger partial charge in [0.1, 0.15) is 11.8 Å². The molecule has 31 heavy (non-hydrogen) atoms. The van der Waals surface area contributed by atoms with Crippen molar-refractivity contribution >= 4 is 23.4 Å². The average molecular weight is 422 g/mol. The van der Waals surface area contributed by atoms with Crippen molar-refractivity contribution in [2.75, 3.05) is 25.2 Å². The molecule has 0 spiro atoms. The maximum atomic E-state index is 13.4. The highest BCUT2D eigenvalue weighted by Crippen LogP contribution is 2.29. The highest BCUT2D eigenvalue weighted by atomic mass is 16.5. The molecule has 0 bridgehead atoms. The van der Waals surface area contributed by atoms with Gasteiger partial charge in [0.2, 0.25) is 5.91 Å². The van der Waals surface area contributed by atoms with Gasteiger partial charge in [-0.05, 0) is 56.2 Å². The molecule has 2 fully saturated rings. The number of imide groups is 1. The summed E-state index contributed by atoms with van der Waals surface area (Å²) in [4.78, 5) is 42.2. The van der Waals surface area contributed by atoms with Crippen molar-refractivity contribution in [1.82, 2.24) is 4.90 Å². The summed E-state index contributed by atoms with van der Waals surface area (Å²) >= 11 is 0. The number of hydrogen-bond donors (Lipinski definition) is 0. The summed E-state index contributed by atoms with van der Waals surface area (Å²) in [5.74, 6) is -0.352. The Hall–Kier alpha value is -3.19. The van der Waals surface area contributed by atoms with E-state index in [1.165, 1.54) is 4.90 Å². The molecular formula is C24H26N2O5. The molecule has 0 aliphatic carbocycles. The molecule has 3 amide bonds. The van der Waals surface area contributed by atoms with Crippen LogP contribution in [-0.2, 0) is 14.3 Å². The summed E-state index contributed by atoms with van der Waals surface area (Å²) in [5.41, 5.74) is 2.00. The Morgan fingerprint density at radius 1 is 1.13 bits per heavy atom. The van der Waals surface area contributed by atoms with Crippen LogP contribution < -0.4 is 9.64 Å². The van der Waals surface area contributed by atoms with Gasteiger partial charge in [-0.15, -0.1) is 0 Å². The summed E-state index contributed by atoms with van der Waals surface area (Å²) in [6.07, 6.45) is 1.57. The number of nitrogens with zero attached hydrogens (tertiary/aromatic N) is 2. The van der Waals surface area contributed by atoms with Crippen LogP contribution in [0.3, 0.4) is 0 Å². The first-order valence-electron chi connectivity index (χ1n) is 10.5. The maximum Gasteiger partial charge on any atom is 0.257 e. The summed E-state index contributed by atoms with van der Waals surface area (Å²) in [5, 5.41) is 0. The third-order valence-electron chi connectivity index (χ3n) is 5.81. The van der Waals surface area contributed by atoms with E-state index in [0.29, 0.717) is 23.6 Å². The molecule has 2 saturated heterocycles. The topological polar surface area (TPSA) is 76.2 Å². The standard InChI is InChI=1S/C24H26N2O5/c1-16-5-7-17(8-6-16)23(28)25(15-20-4-3-13-31-20)21-14-22(27)26(24(21)29)18-9-11-19(30-2)12-10-18/h5-12,20-21H,3-4,13-15H2,1-2H3. The predicted molar refractivity (Wildman–Crippen MR) is 115 cm³/mol. The number of methoxy groups -OCH3 is 1. The third-order valence-corrected chi connectivity index (χ3v) is 5.81.